The number of carbonyl (C=O) groups excluding carboxylic acids is 1. The van der Waals surface area contributed by atoms with Gasteiger partial charge in [0.1, 0.15) is 5.37 Å². The van der Waals surface area contributed by atoms with Gasteiger partial charge in [0.2, 0.25) is 0 Å². The SMILES string of the molecule is O=C(Nc1cccc(C(F)(F)F)c1)N1CCSC1c1cccs1. The van der Waals surface area contributed by atoms with Gasteiger partial charge in [-0.15, -0.1) is 23.1 Å². The van der Waals surface area contributed by atoms with E-state index in [2.05, 4.69) is 5.32 Å². The van der Waals surface area contributed by atoms with Crippen LogP contribution < -0.4 is 5.32 Å². The molecule has 23 heavy (non-hydrogen) atoms. The number of nitrogens with zero attached hydrogens (tertiary/aromatic N) is 1. The number of nitrogens with one attached hydrogen (secondary N) is 1. The van der Waals surface area contributed by atoms with Gasteiger partial charge in [0.25, 0.3) is 0 Å². The van der Waals surface area contributed by atoms with Crippen LogP contribution in [0, 0.1) is 0 Å². The number of thiophene rings is 1. The third-order valence-electron chi connectivity index (χ3n) is 3.38. The monoisotopic (exact) mass is 358 g/mol. The Balaban J connectivity index is 1.74. The van der Waals surface area contributed by atoms with Crippen molar-refractivity contribution in [1.82, 2.24) is 4.90 Å². The standard InChI is InChI=1S/C15H13F3N2OS2/c16-15(17,18)10-3-1-4-11(9-10)19-14(21)20-6-8-23-13(20)12-5-2-7-22-12/h1-5,7,9,13H,6,8H2,(H,19,21). The van der Waals surface area contributed by atoms with Crippen molar-refractivity contribution in [2.24, 2.45) is 0 Å². The Kier molecular flexibility index (Phi) is 4.54. The summed E-state index contributed by atoms with van der Waals surface area (Å²) in [6.07, 6.45) is -4.43. The van der Waals surface area contributed by atoms with Gasteiger partial charge in [-0.25, -0.2) is 4.79 Å². The van der Waals surface area contributed by atoms with Crippen molar-refractivity contribution < 1.29 is 18.0 Å². The largest absolute Gasteiger partial charge is 0.416 e. The number of alkyl halides is 3. The minimum Gasteiger partial charge on any atom is -0.308 e. The molecule has 8 heteroatoms. The lowest BCUT2D eigenvalue weighted by Crippen LogP contribution is -2.34. The van der Waals surface area contributed by atoms with Crippen LogP contribution >= 0.6 is 23.1 Å². The third kappa shape index (κ3) is 3.64. The maximum atomic E-state index is 12.7. The van der Waals surface area contributed by atoms with Crippen LogP contribution in [-0.4, -0.2) is 23.2 Å². The lowest BCUT2D eigenvalue weighted by Gasteiger charge is -2.23. The molecule has 0 bridgehead atoms. The van der Waals surface area contributed by atoms with Crippen LogP contribution in [0.15, 0.2) is 41.8 Å². The van der Waals surface area contributed by atoms with Gasteiger partial charge in [-0.2, -0.15) is 13.2 Å². The van der Waals surface area contributed by atoms with E-state index in [1.807, 2.05) is 17.5 Å². The number of hydrogen-bond donors (Lipinski definition) is 1. The molecule has 1 aliphatic rings. The third-order valence-corrected chi connectivity index (χ3v) is 5.70. The fourth-order valence-corrected chi connectivity index (χ4v) is 4.55. The fraction of sp³-hybridized carbons (Fsp3) is 0.267. The number of halogens is 3. The number of carbonyl (C=O) groups is 1. The molecule has 122 valence electrons. The summed E-state index contributed by atoms with van der Waals surface area (Å²) in [6, 6.07) is 8.16. The van der Waals surface area contributed by atoms with Gasteiger partial charge in [0.05, 0.1) is 5.56 Å². The molecule has 0 aliphatic carbocycles. The maximum absolute atomic E-state index is 12.7. The molecule has 0 spiro atoms. The van der Waals surface area contributed by atoms with Gasteiger partial charge in [0.15, 0.2) is 0 Å². The summed E-state index contributed by atoms with van der Waals surface area (Å²) in [7, 11) is 0. The minimum absolute atomic E-state index is 0.0826. The summed E-state index contributed by atoms with van der Waals surface area (Å²) in [5.74, 6) is 0.804. The second kappa shape index (κ2) is 6.45. The first-order valence-electron chi connectivity index (χ1n) is 6.85. The highest BCUT2D eigenvalue weighted by Crippen LogP contribution is 2.40. The number of urea groups is 1. The molecule has 1 aromatic heterocycles. The zero-order valence-electron chi connectivity index (χ0n) is 11.8. The summed E-state index contributed by atoms with van der Waals surface area (Å²) in [5, 5.41) is 4.43. The van der Waals surface area contributed by atoms with Gasteiger partial charge in [-0.3, -0.25) is 0 Å². The van der Waals surface area contributed by atoms with Crippen molar-refractivity contribution >= 4 is 34.8 Å². The average Bonchev–Trinajstić information content (AvgIpc) is 3.17. The van der Waals surface area contributed by atoms with Crippen LogP contribution in [0.25, 0.3) is 0 Å². The average molecular weight is 358 g/mol. The summed E-state index contributed by atoms with van der Waals surface area (Å²) in [4.78, 5) is 15.1. The lowest BCUT2D eigenvalue weighted by atomic mass is 10.2. The molecule has 1 unspecified atom stereocenters. The number of amides is 2. The van der Waals surface area contributed by atoms with Crippen molar-refractivity contribution in [2.45, 2.75) is 11.6 Å². The normalized spacial score (nSPS) is 18.2. The fourth-order valence-electron chi connectivity index (χ4n) is 2.31. The zero-order valence-corrected chi connectivity index (χ0v) is 13.5. The predicted octanol–water partition coefficient (Wildman–Crippen LogP) is 5.05. The molecule has 1 aromatic carbocycles. The Morgan fingerprint density at radius 3 is 2.78 bits per heavy atom. The van der Waals surface area contributed by atoms with E-state index in [1.165, 1.54) is 12.1 Å². The first-order chi connectivity index (χ1) is 10.9. The Bertz CT molecular complexity index is 688. The highest BCUT2D eigenvalue weighted by Gasteiger charge is 2.33. The van der Waals surface area contributed by atoms with E-state index in [-0.39, 0.29) is 17.1 Å². The molecular formula is C15H13F3N2OS2. The molecule has 1 N–H and O–H groups in total. The van der Waals surface area contributed by atoms with Crippen LogP contribution in [0.3, 0.4) is 0 Å². The van der Waals surface area contributed by atoms with E-state index in [1.54, 1.807) is 28.0 Å². The zero-order chi connectivity index (χ0) is 16.4. The molecule has 0 radical (unpaired) electrons. The van der Waals surface area contributed by atoms with Crippen molar-refractivity contribution in [2.75, 3.05) is 17.6 Å². The smallest absolute Gasteiger partial charge is 0.308 e. The van der Waals surface area contributed by atoms with Gasteiger partial charge in [-0.05, 0) is 29.6 Å². The number of anilines is 1. The number of benzene rings is 1. The Hall–Kier alpha value is -1.67. The molecule has 1 saturated heterocycles. The molecule has 0 saturated carbocycles. The molecule has 1 atom stereocenters. The minimum atomic E-state index is -4.43. The van der Waals surface area contributed by atoms with Crippen LogP contribution in [0.4, 0.5) is 23.7 Å². The van der Waals surface area contributed by atoms with E-state index < -0.39 is 11.7 Å². The highest BCUT2D eigenvalue weighted by atomic mass is 32.2. The number of thioether (sulfide) groups is 1. The lowest BCUT2D eigenvalue weighted by molar-refractivity contribution is -0.137. The van der Waals surface area contributed by atoms with Crippen LogP contribution in [0.2, 0.25) is 0 Å². The predicted molar refractivity (Wildman–Crippen MR) is 86.7 cm³/mol. The van der Waals surface area contributed by atoms with Gasteiger partial charge < -0.3 is 10.2 Å². The molecular weight excluding hydrogens is 345 g/mol. The molecule has 3 rings (SSSR count). The van der Waals surface area contributed by atoms with Crippen molar-refractivity contribution in [3.8, 4) is 0 Å². The summed E-state index contributed by atoms with van der Waals surface area (Å²) in [6.45, 7) is 0.567. The second-order valence-corrected chi connectivity index (χ2v) is 7.11. The van der Waals surface area contributed by atoms with Crippen molar-refractivity contribution in [1.29, 1.82) is 0 Å². The van der Waals surface area contributed by atoms with Gasteiger partial charge >= 0.3 is 12.2 Å². The van der Waals surface area contributed by atoms with E-state index in [9.17, 15) is 18.0 Å². The molecule has 2 aromatic rings. The number of rotatable bonds is 2. The molecule has 2 amide bonds. The van der Waals surface area contributed by atoms with Crippen LogP contribution in [-0.2, 0) is 6.18 Å². The molecule has 1 fully saturated rings. The highest BCUT2D eigenvalue weighted by molar-refractivity contribution is 7.99. The Morgan fingerprint density at radius 2 is 2.09 bits per heavy atom. The van der Waals surface area contributed by atoms with E-state index in [0.717, 1.165) is 22.8 Å². The quantitative estimate of drug-likeness (QED) is 0.815. The maximum Gasteiger partial charge on any atom is 0.416 e. The van der Waals surface area contributed by atoms with Gasteiger partial charge in [-0.1, -0.05) is 12.1 Å². The topological polar surface area (TPSA) is 32.3 Å². The summed E-state index contributed by atoms with van der Waals surface area (Å²) < 4.78 is 38.2. The van der Waals surface area contributed by atoms with Crippen LogP contribution in [0.1, 0.15) is 15.8 Å². The van der Waals surface area contributed by atoms with E-state index in [4.69, 9.17) is 0 Å². The Morgan fingerprint density at radius 1 is 1.26 bits per heavy atom. The summed E-state index contributed by atoms with van der Waals surface area (Å²) >= 11 is 3.21. The first-order valence-corrected chi connectivity index (χ1v) is 8.78. The molecule has 2 heterocycles. The molecule has 3 nitrogen and oxygen atoms in total. The van der Waals surface area contributed by atoms with Crippen molar-refractivity contribution in [3.63, 3.8) is 0 Å². The first kappa shape index (κ1) is 16.2. The second-order valence-electron chi connectivity index (χ2n) is 4.94. The van der Waals surface area contributed by atoms with Gasteiger partial charge in [0, 0.05) is 22.9 Å². The Labute approximate surface area is 139 Å². The van der Waals surface area contributed by atoms with E-state index in [0.29, 0.717) is 6.54 Å². The van der Waals surface area contributed by atoms with E-state index >= 15 is 0 Å². The van der Waals surface area contributed by atoms with Crippen LogP contribution in [0.5, 0.6) is 0 Å². The molecule has 1 aliphatic heterocycles. The number of hydrogen-bond acceptors (Lipinski definition) is 3. The summed E-state index contributed by atoms with van der Waals surface area (Å²) in [5.41, 5.74) is -0.632. The van der Waals surface area contributed by atoms with Crippen molar-refractivity contribution in [3.05, 3.63) is 52.2 Å².